The first-order valence-electron chi connectivity index (χ1n) is 5.87. The summed E-state index contributed by atoms with van der Waals surface area (Å²) in [5.74, 6) is -1.32. The predicted octanol–water partition coefficient (Wildman–Crippen LogP) is 1.12. The van der Waals surface area contributed by atoms with Crippen molar-refractivity contribution in [2.24, 2.45) is 0 Å². The number of pyridine rings is 1. The Balaban J connectivity index is 1.88. The monoisotopic (exact) mass is 272 g/mol. The Morgan fingerprint density at radius 1 is 1.10 bits per heavy atom. The number of rotatable bonds is 4. The van der Waals surface area contributed by atoms with Crippen LogP contribution >= 0.6 is 0 Å². The van der Waals surface area contributed by atoms with Crippen molar-refractivity contribution in [3.63, 3.8) is 0 Å². The maximum atomic E-state index is 11.6. The van der Waals surface area contributed by atoms with Gasteiger partial charge in [0, 0.05) is 17.8 Å². The summed E-state index contributed by atoms with van der Waals surface area (Å²) in [5.41, 5.74) is 0.437. The Hall–Kier alpha value is -2.89. The number of aromatic nitrogens is 1. The largest absolute Gasteiger partial charge is 0.618 e. The van der Waals surface area contributed by atoms with E-state index in [2.05, 4.69) is 5.32 Å². The van der Waals surface area contributed by atoms with Gasteiger partial charge in [0.25, 0.3) is 5.91 Å². The van der Waals surface area contributed by atoms with E-state index in [1.165, 1.54) is 24.4 Å². The molecule has 20 heavy (non-hydrogen) atoms. The number of benzene rings is 1. The third-order valence-corrected chi connectivity index (χ3v) is 2.43. The standard InChI is InChI=1S/C14H12N2O4/c17-13(15-11-6-2-1-3-7-11)10-20-14(18)12-8-4-5-9-16(12)19/h1-9H,10H2,(H,15,17). The molecule has 6 heteroatoms. The summed E-state index contributed by atoms with van der Waals surface area (Å²) in [7, 11) is 0. The Kier molecular flexibility index (Phi) is 4.28. The zero-order chi connectivity index (χ0) is 14.4. The fourth-order valence-corrected chi connectivity index (χ4v) is 1.51. The van der Waals surface area contributed by atoms with E-state index in [1.807, 2.05) is 6.07 Å². The first-order valence-corrected chi connectivity index (χ1v) is 5.87. The summed E-state index contributed by atoms with van der Waals surface area (Å²) in [5, 5.41) is 13.9. The van der Waals surface area contributed by atoms with Crippen LogP contribution in [0, 0.1) is 5.21 Å². The minimum absolute atomic E-state index is 0.167. The van der Waals surface area contributed by atoms with E-state index in [0.29, 0.717) is 10.4 Å². The first kappa shape index (κ1) is 13.5. The molecular weight excluding hydrogens is 260 g/mol. The lowest BCUT2D eigenvalue weighted by molar-refractivity contribution is -0.608. The molecule has 2 aromatic rings. The minimum atomic E-state index is -0.844. The topological polar surface area (TPSA) is 82.3 Å². The van der Waals surface area contributed by atoms with Crippen molar-refractivity contribution >= 4 is 17.6 Å². The van der Waals surface area contributed by atoms with E-state index in [0.717, 1.165) is 0 Å². The van der Waals surface area contributed by atoms with Gasteiger partial charge in [-0.1, -0.05) is 18.2 Å². The zero-order valence-electron chi connectivity index (χ0n) is 10.5. The predicted molar refractivity (Wildman–Crippen MR) is 70.8 cm³/mol. The summed E-state index contributed by atoms with van der Waals surface area (Å²) < 4.78 is 5.16. The fourth-order valence-electron chi connectivity index (χ4n) is 1.51. The molecule has 0 unspecified atom stereocenters. The van der Waals surface area contributed by atoms with Gasteiger partial charge in [-0.15, -0.1) is 0 Å². The summed E-state index contributed by atoms with van der Waals surface area (Å²) in [6, 6.07) is 13.1. The van der Waals surface area contributed by atoms with Crippen LogP contribution in [0.2, 0.25) is 0 Å². The number of amides is 1. The van der Waals surface area contributed by atoms with E-state index >= 15 is 0 Å². The molecule has 0 bridgehead atoms. The maximum Gasteiger partial charge on any atom is 0.405 e. The molecule has 1 aromatic heterocycles. The Morgan fingerprint density at radius 2 is 1.80 bits per heavy atom. The molecule has 0 saturated heterocycles. The molecule has 0 fully saturated rings. The minimum Gasteiger partial charge on any atom is -0.618 e. The number of nitrogens with zero attached hydrogens (tertiary/aromatic N) is 1. The van der Waals surface area contributed by atoms with Gasteiger partial charge in [0.15, 0.2) is 12.8 Å². The van der Waals surface area contributed by atoms with Gasteiger partial charge in [-0.3, -0.25) is 4.79 Å². The van der Waals surface area contributed by atoms with Crippen LogP contribution in [0.4, 0.5) is 5.69 Å². The fraction of sp³-hybridized carbons (Fsp3) is 0.0714. The number of nitrogens with one attached hydrogen (secondary N) is 1. The number of carbonyl (C=O) groups is 2. The summed E-state index contributed by atoms with van der Waals surface area (Å²) in [6.07, 6.45) is 1.18. The summed E-state index contributed by atoms with van der Waals surface area (Å²) >= 11 is 0. The molecule has 0 aliphatic rings. The number of ether oxygens (including phenoxy) is 1. The lowest BCUT2D eigenvalue weighted by Gasteiger charge is -2.06. The van der Waals surface area contributed by atoms with Crippen LogP contribution < -0.4 is 10.0 Å². The second-order valence-electron chi connectivity index (χ2n) is 3.90. The summed E-state index contributed by atoms with van der Waals surface area (Å²) in [6.45, 7) is -0.456. The number of carbonyl (C=O) groups excluding carboxylic acids is 2. The lowest BCUT2D eigenvalue weighted by atomic mass is 10.3. The van der Waals surface area contributed by atoms with E-state index in [-0.39, 0.29) is 5.69 Å². The highest BCUT2D eigenvalue weighted by Crippen LogP contribution is 2.04. The van der Waals surface area contributed by atoms with Gasteiger partial charge in [-0.2, -0.15) is 4.73 Å². The average Bonchev–Trinajstić information content (AvgIpc) is 2.46. The highest BCUT2D eigenvalue weighted by atomic mass is 16.5. The van der Waals surface area contributed by atoms with Gasteiger partial charge in [-0.05, 0) is 18.2 Å². The maximum absolute atomic E-state index is 11.6. The highest BCUT2D eigenvalue weighted by Gasteiger charge is 2.17. The van der Waals surface area contributed by atoms with Crippen molar-refractivity contribution in [2.75, 3.05) is 11.9 Å². The number of hydrogen-bond donors (Lipinski definition) is 1. The van der Waals surface area contributed by atoms with Crippen LogP contribution in [0.1, 0.15) is 10.5 Å². The Labute approximate surface area is 115 Å². The second kappa shape index (κ2) is 6.33. The van der Waals surface area contributed by atoms with Crippen molar-refractivity contribution in [1.82, 2.24) is 0 Å². The first-order chi connectivity index (χ1) is 9.66. The molecule has 0 aliphatic heterocycles. The lowest BCUT2D eigenvalue weighted by Crippen LogP contribution is -2.35. The molecule has 0 saturated carbocycles. The quantitative estimate of drug-likeness (QED) is 0.513. The normalized spacial score (nSPS) is 9.80. The number of esters is 1. The Bertz CT molecular complexity index is 614. The molecule has 6 nitrogen and oxygen atoms in total. The van der Waals surface area contributed by atoms with Crippen LogP contribution in [0.25, 0.3) is 0 Å². The molecule has 0 atom stereocenters. The van der Waals surface area contributed by atoms with Crippen molar-refractivity contribution < 1.29 is 19.1 Å². The molecule has 1 N–H and O–H groups in total. The molecule has 0 aliphatic carbocycles. The third kappa shape index (κ3) is 3.55. The number of anilines is 1. The molecule has 2 rings (SSSR count). The summed E-state index contributed by atoms with van der Waals surface area (Å²) in [4.78, 5) is 23.2. The van der Waals surface area contributed by atoms with Gasteiger partial charge in [0.1, 0.15) is 0 Å². The molecule has 1 aromatic carbocycles. The van der Waals surface area contributed by atoms with Gasteiger partial charge in [-0.25, -0.2) is 4.79 Å². The molecule has 102 valence electrons. The third-order valence-electron chi connectivity index (χ3n) is 2.43. The van der Waals surface area contributed by atoms with Crippen molar-refractivity contribution in [2.45, 2.75) is 0 Å². The molecule has 0 spiro atoms. The second-order valence-corrected chi connectivity index (χ2v) is 3.90. The van der Waals surface area contributed by atoms with Gasteiger partial charge >= 0.3 is 11.7 Å². The van der Waals surface area contributed by atoms with Crippen molar-refractivity contribution in [3.8, 4) is 0 Å². The number of para-hydroxylation sites is 1. The van der Waals surface area contributed by atoms with Crippen LogP contribution in [0.3, 0.4) is 0 Å². The van der Waals surface area contributed by atoms with E-state index in [1.54, 1.807) is 24.3 Å². The van der Waals surface area contributed by atoms with E-state index < -0.39 is 18.5 Å². The van der Waals surface area contributed by atoms with Crippen molar-refractivity contribution in [3.05, 3.63) is 65.6 Å². The molecular formula is C14H12N2O4. The average molecular weight is 272 g/mol. The SMILES string of the molecule is O=C(COC(=O)c1cccc[n+]1[O-])Nc1ccccc1. The smallest absolute Gasteiger partial charge is 0.405 e. The van der Waals surface area contributed by atoms with Crippen LogP contribution in [-0.4, -0.2) is 18.5 Å². The number of hydrogen-bond acceptors (Lipinski definition) is 4. The highest BCUT2D eigenvalue weighted by molar-refractivity contribution is 5.94. The zero-order valence-corrected chi connectivity index (χ0v) is 10.5. The van der Waals surface area contributed by atoms with E-state index in [9.17, 15) is 14.8 Å². The van der Waals surface area contributed by atoms with Crippen molar-refractivity contribution in [1.29, 1.82) is 0 Å². The van der Waals surface area contributed by atoms with E-state index in [4.69, 9.17) is 4.74 Å². The Morgan fingerprint density at radius 3 is 2.50 bits per heavy atom. The molecule has 1 heterocycles. The van der Waals surface area contributed by atoms with Gasteiger partial charge < -0.3 is 15.3 Å². The van der Waals surface area contributed by atoms with Gasteiger partial charge in [0.05, 0.1) is 0 Å². The molecule has 0 radical (unpaired) electrons. The van der Waals surface area contributed by atoms with Crippen LogP contribution in [0.5, 0.6) is 0 Å². The molecule has 1 amide bonds. The van der Waals surface area contributed by atoms with Gasteiger partial charge in [0.2, 0.25) is 0 Å². The van der Waals surface area contributed by atoms with Crippen LogP contribution in [0.15, 0.2) is 54.7 Å². The van der Waals surface area contributed by atoms with Crippen LogP contribution in [-0.2, 0) is 9.53 Å².